The van der Waals surface area contributed by atoms with Crippen LogP contribution in [0.25, 0.3) is 22.2 Å². The number of pyridine rings is 4. The molecule has 0 spiro atoms. The van der Waals surface area contributed by atoms with E-state index >= 15 is 0 Å². The summed E-state index contributed by atoms with van der Waals surface area (Å²) in [6.07, 6.45) is 13.7. The minimum atomic E-state index is -0.391. The smallest absolute Gasteiger partial charge is 0.399 e. The van der Waals surface area contributed by atoms with Gasteiger partial charge in [0, 0.05) is 76.8 Å². The van der Waals surface area contributed by atoms with Crippen molar-refractivity contribution < 1.29 is 28.5 Å². The quantitative estimate of drug-likeness (QED) is 0.109. The summed E-state index contributed by atoms with van der Waals surface area (Å²) in [7, 11) is -0.391. The van der Waals surface area contributed by atoms with Gasteiger partial charge in [-0.1, -0.05) is 24.3 Å². The summed E-state index contributed by atoms with van der Waals surface area (Å²) in [5.74, 6) is 0.709. The van der Waals surface area contributed by atoms with Gasteiger partial charge in [-0.15, -0.1) is 0 Å². The molecule has 0 atom stereocenters. The lowest BCUT2D eigenvalue weighted by molar-refractivity contribution is 0.00578. The van der Waals surface area contributed by atoms with Crippen LogP contribution < -0.4 is 25.9 Å². The average molecular weight is 1140 g/mol. The number of nitrogens with one attached hydrogen (secondary N) is 2. The van der Waals surface area contributed by atoms with Gasteiger partial charge < -0.3 is 19.9 Å². The van der Waals surface area contributed by atoms with Gasteiger partial charge in [-0.05, 0) is 181 Å². The molecule has 7 heterocycles. The summed E-state index contributed by atoms with van der Waals surface area (Å²) in [4.78, 5) is 62.8. The van der Waals surface area contributed by atoms with Crippen LogP contribution in [0.1, 0.15) is 134 Å². The molecule has 4 amide bonds. The maximum absolute atomic E-state index is 13.5. The molecular formula is C60H60BBrN12O6. The highest BCUT2D eigenvalue weighted by molar-refractivity contribution is 9.10. The number of benzene rings is 2. The Morgan fingerprint density at radius 2 is 1.05 bits per heavy atom. The van der Waals surface area contributed by atoms with Crippen molar-refractivity contribution in [2.45, 2.75) is 116 Å². The Kier molecular flexibility index (Phi) is 16.4. The van der Waals surface area contributed by atoms with Gasteiger partial charge in [0.1, 0.15) is 23.8 Å². The van der Waals surface area contributed by atoms with E-state index in [1.54, 1.807) is 104 Å². The fourth-order valence-corrected chi connectivity index (χ4v) is 9.12. The second kappa shape index (κ2) is 23.4. The van der Waals surface area contributed by atoms with Crippen molar-refractivity contribution in [3.8, 4) is 23.3 Å². The average Bonchev–Trinajstić information content (AvgIpc) is 4.40. The molecule has 3 fully saturated rings. The molecule has 1 aliphatic heterocycles. The SMILES string of the molecule is CC(C)NC(=O)c1ccc(-c2cnn3ccc(C(=O)N(c4ccc(C#N)cn4)C4CC4)cc23)cc1.CC(C)NC(=O)c1ccc(B2OC(C)(C)C(C)(C)O2)cc1.N#Cc1ccc(N(C(=O)c2ccn3ncc(Br)c3c2)C2CC2)nc1. The Morgan fingerprint density at radius 3 is 1.48 bits per heavy atom. The lowest BCUT2D eigenvalue weighted by Crippen LogP contribution is -2.41. The Hall–Kier alpha value is -8.56. The molecule has 0 unspecified atom stereocenters. The number of carbonyl (C=O) groups excluding carboxylic acids is 4. The van der Waals surface area contributed by atoms with E-state index in [2.05, 4.69) is 52.8 Å². The molecule has 3 aliphatic rings. The molecule has 0 radical (unpaired) electrons. The first-order valence-electron chi connectivity index (χ1n) is 26.4. The molecular weight excluding hydrogens is 1080 g/mol. The zero-order chi connectivity index (χ0) is 57.0. The Bertz CT molecular complexity index is 3660. The molecule has 2 aromatic carbocycles. The molecule has 6 aromatic heterocycles. The standard InChI is InChI=1S/C27H24N6O2.C17H12BrN5O.C16H24BNO3/c1-17(2)31-26(34)20-6-4-19(5-7-20)23-16-30-32-12-11-21(13-24(23)32)27(35)33(22-8-9-22)25-10-3-18(14-28)15-29-25;18-14-10-21-22-6-5-12(7-15(14)22)17(24)23(13-2-3-13)16-4-1-11(8-19)9-20-16;1-11(2)18-14(19)12-7-9-13(10-8-12)17-20-15(3,4)16(5,6)21-17/h3-7,10-13,15-17,22H,8-9H2,1-2H3,(H,31,34);1,4-7,9-10,13H,2-3H2;7-11H,1-6H3,(H,18,19). The minimum absolute atomic E-state index is 0.0624. The largest absolute Gasteiger partial charge is 0.494 e. The van der Waals surface area contributed by atoms with E-state index in [1.165, 1.54) is 12.4 Å². The number of rotatable bonds is 12. The highest BCUT2D eigenvalue weighted by Crippen LogP contribution is 2.37. The van der Waals surface area contributed by atoms with Gasteiger partial charge in [-0.25, -0.2) is 19.0 Å². The molecule has 18 nitrogen and oxygen atoms in total. The third kappa shape index (κ3) is 12.6. The molecule has 2 N–H and O–H groups in total. The van der Waals surface area contributed by atoms with Crippen molar-refractivity contribution in [1.29, 1.82) is 10.5 Å². The predicted octanol–water partition coefficient (Wildman–Crippen LogP) is 9.51. The third-order valence-corrected chi connectivity index (χ3v) is 14.6. The second-order valence-corrected chi connectivity index (χ2v) is 22.3. The van der Waals surface area contributed by atoms with Crippen molar-refractivity contribution in [2.24, 2.45) is 0 Å². The van der Waals surface area contributed by atoms with Crippen LogP contribution in [0.15, 0.2) is 139 Å². The molecule has 8 aromatic rings. The molecule has 2 saturated carbocycles. The number of nitriles is 2. The van der Waals surface area contributed by atoms with Crippen molar-refractivity contribution in [2.75, 3.05) is 9.80 Å². The molecule has 1 saturated heterocycles. The highest BCUT2D eigenvalue weighted by Gasteiger charge is 2.51. The van der Waals surface area contributed by atoms with Gasteiger partial charge in [0.15, 0.2) is 0 Å². The van der Waals surface area contributed by atoms with Gasteiger partial charge in [-0.3, -0.25) is 29.0 Å². The topological polar surface area (TPSA) is 225 Å². The maximum Gasteiger partial charge on any atom is 0.494 e. The number of carbonyl (C=O) groups is 4. The number of fused-ring (bicyclic) bond motifs is 2. The van der Waals surface area contributed by atoms with Gasteiger partial charge in [-0.2, -0.15) is 20.7 Å². The van der Waals surface area contributed by atoms with E-state index in [4.69, 9.17) is 19.8 Å². The van der Waals surface area contributed by atoms with Gasteiger partial charge in [0.2, 0.25) is 0 Å². The monoisotopic (exact) mass is 1130 g/mol. The summed E-state index contributed by atoms with van der Waals surface area (Å²) >= 11 is 3.44. The Balaban J connectivity index is 0.000000152. The maximum atomic E-state index is 13.5. The van der Waals surface area contributed by atoms with Crippen LogP contribution in [0.2, 0.25) is 0 Å². The first kappa shape index (κ1) is 56.2. The van der Waals surface area contributed by atoms with Crippen LogP contribution in [0.5, 0.6) is 0 Å². The summed E-state index contributed by atoms with van der Waals surface area (Å²) in [5.41, 5.74) is 6.89. The molecule has 80 heavy (non-hydrogen) atoms. The Labute approximate surface area is 473 Å². The van der Waals surface area contributed by atoms with E-state index in [0.29, 0.717) is 45.0 Å². The Morgan fingerprint density at radius 1 is 0.613 bits per heavy atom. The van der Waals surface area contributed by atoms with Crippen LogP contribution >= 0.6 is 15.9 Å². The number of amides is 4. The lowest BCUT2D eigenvalue weighted by atomic mass is 9.79. The van der Waals surface area contributed by atoms with E-state index in [-0.39, 0.29) is 59.0 Å². The number of hydrogen-bond acceptors (Lipinski definition) is 12. The predicted molar refractivity (Wildman–Crippen MR) is 308 cm³/mol. The van der Waals surface area contributed by atoms with Crippen LogP contribution in [-0.2, 0) is 9.31 Å². The van der Waals surface area contributed by atoms with Crippen LogP contribution in [-0.4, -0.2) is 95.3 Å². The zero-order valence-electron chi connectivity index (χ0n) is 45.7. The summed E-state index contributed by atoms with van der Waals surface area (Å²) in [6, 6.07) is 33.3. The number of anilines is 2. The zero-order valence-corrected chi connectivity index (χ0v) is 47.3. The molecule has 0 bridgehead atoms. The summed E-state index contributed by atoms with van der Waals surface area (Å²) < 4.78 is 16.3. The van der Waals surface area contributed by atoms with Gasteiger partial charge in [0.05, 0.1) is 50.2 Å². The van der Waals surface area contributed by atoms with Crippen LogP contribution in [0, 0.1) is 22.7 Å². The number of aromatic nitrogens is 6. The first-order chi connectivity index (χ1) is 38.2. The van der Waals surface area contributed by atoms with E-state index in [1.807, 2.05) is 97.9 Å². The van der Waals surface area contributed by atoms with E-state index in [9.17, 15) is 19.2 Å². The van der Waals surface area contributed by atoms with Crippen LogP contribution in [0.3, 0.4) is 0 Å². The van der Waals surface area contributed by atoms with Crippen molar-refractivity contribution in [1.82, 2.24) is 39.8 Å². The van der Waals surface area contributed by atoms with Crippen molar-refractivity contribution in [3.05, 3.63) is 172 Å². The molecule has 406 valence electrons. The summed E-state index contributed by atoms with van der Waals surface area (Å²) in [5, 5.41) is 32.3. The van der Waals surface area contributed by atoms with Crippen molar-refractivity contribution in [3.63, 3.8) is 0 Å². The fourth-order valence-electron chi connectivity index (χ4n) is 8.73. The number of hydrogen-bond donors (Lipinski definition) is 2. The lowest BCUT2D eigenvalue weighted by Gasteiger charge is -2.32. The number of halogens is 1. The van der Waals surface area contributed by atoms with Gasteiger partial charge in [0.25, 0.3) is 23.6 Å². The third-order valence-electron chi connectivity index (χ3n) is 14.0. The fraction of sp³-hybridized carbons (Fsp3) is 0.300. The van der Waals surface area contributed by atoms with E-state index in [0.717, 1.165) is 57.8 Å². The summed E-state index contributed by atoms with van der Waals surface area (Å²) in [6.45, 7) is 15.8. The number of nitrogens with zero attached hydrogens (tertiary/aromatic N) is 10. The molecule has 20 heteroatoms. The normalized spacial score (nSPS) is 15.0. The van der Waals surface area contributed by atoms with Crippen LogP contribution in [0.4, 0.5) is 11.6 Å². The molecule has 11 rings (SSSR count). The molecule has 2 aliphatic carbocycles. The van der Waals surface area contributed by atoms with E-state index < -0.39 is 7.12 Å². The van der Waals surface area contributed by atoms with Gasteiger partial charge >= 0.3 is 7.12 Å². The minimum Gasteiger partial charge on any atom is -0.399 e. The second-order valence-electron chi connectivity index (χ2n) is 21.4. The first-order valence-corrected chi connectivity index (χ1v) is 27.2. The highest BCUT2D eigenvalue weighted by atomic mass is 79.9. The van der Waals surface area contributed by atoms with Crippen molar-refractivity contribution >= 4 is 74.8 Å².